The van der Waals surface area contributed by atoms with Crippen LogP contribution < -0.4 is 0 Å². The maximum Gasteiger partial charge on any atom is 0.307 e. The van der Waals surface area contributed by atoms with E-state index in [2.05, 4.69) is 0 Å². The van der Waals surface area contributed by atoms with Crippen LogP contribution >= 0.6 is 0 Å². The fraction of sp³-hybridized carbons (Fsp3) is 0.667. The largest absolute Gasteiger partial charge is 0.481 e. The molecule has 0 saturated heterocycles. The second-order valence-electron chi connectivity index (χ2n) is 16.1. The van der Waals surface area contributed by atoms with Crippen LogP contribution in [0.5, 0.6) is 0 Å². The van der Waals surface area contributed by atoms with Crippen LogP contribution in [0.3, 0.4) is 0 Å². The van der Waals surface area contributed by atoms with Gasteiger partial charge in [-0.1, -0.05) is 12.8 Å². The van der Waals surface area contributed by atoms with Gasteiger partial charge >= 0.3 is 11.9 Å². The Labute approximate surface area is 329 Å². The Balaban J connectivity index is 1.78. The Hall–Kier alpha value is -3.98. The number of carboxylic acids is 2. The van der Waals surface area contributed by atoms with Crippen LogP contribution in [0.15, 0.2) is 45.6 Å². The number of ketones is 4. The van der Waals surface area contributed by atoms with E-state index < -0.39 is 70.6 Å². The van der Waals surface area contributed by atoms with Gasteiger partial charge in [0.15, 0.2) is 23.1 Å². The molecule has 0 aromatic carbocycles. The number of unbranched alkanes of at least 4 members (excludes halogenated alkanes) is 4. The van der Waals surface area contributed by atoms with Gasteiger partial charge in [-0.15, -0.1) is 0 Å². The van der Waals surface area contributed by atoms with Crippen molar-refractivity contribution >= 4 is 35.1 Å². The molecule has 0 aliphatic heterocycles. The van der Waals surface area contributed by atoms with Crippen LogP contribution in [0, 0.1) is 11.8 Å². The van der Waals surface area contributed by atoms with E-state index in [9.17, 15) is 39.0 Å². The molecule has 2 aromatic heterocycles. The molecule has 2 heterocycles. The van der Waals surface area contributed by atoms with Crippen molar-refractivity contribution in [3.05, 3.63) is 48.3 Å². The topological polar surface area (TPSA) is 206 Å². The molecule has 0 radical (unpaired) electrons. The molecular formula is C42H62O14. The second kappa shape index (κ2) is 22.1. The van der Waals surface area contributed by atoms with Gasteiger partial charge in [-0.25, -0.2) is 0 Å². The van der Waals surface area contributed by atoms with E-state index in [1.165, 1.54) is 40.2 Å². The van der Waals surface area contributed by atoms with Crippen LogP contribution in [-0.2, 0) is 60.9 Å². The molecule has 14 heteroatoms. The average molecular weight is 791 g/mol. The highest BCUT2D eigenvalue weighted by Crippen LogP contribution is 2.29. The number of rotatable bonds is 31. The molecule has 56 heavy (non-hydrogen) atoms. The number of Topliss-reactive ketones (excluding diaryl/α,β-unsaturated/α-hetero) is 4. The molecule has 2 N–H and O–H groups in total. The van der Waals surface area contributed by atoms with Crippen LogP contribution in [0.2, 0.25) is 0 Å². The zero-order chi connectivity index (χ0) is 42.2. The van der Waals surface area contributed by atoms with Crippen LogP contribution in [0.25, 0.3) is 0 Å². The average Bonchev–Trinajstić information content (AvgIpc) is 3.85. The Morgan fingerprint density at radius 2 is 0.857 bits per heavy atom. The summed E-state index contributed by atoms with van der Waals surface area (Å²) in [5, 5.41) is 20.0. The van der Waals surface area contributed by atoms with Gasteiger partial charge in [0.25, 0.3) is 0 Å². The van der Waals surface area contributed by atoms with Crippen molar-refractivity contribution in [1.82, 2.24) is 0 Å². The number of ether oxygens (including phenoxy) is 4. The van der Waals surface area contributed by atoms with Crippen LogP contribution in [-0.4, -0.2) is 80.9 Å². The van der Waals surface area contributed by atoms with Gasteiger partial charge in [-0.2, -0.15) is 0 Å². The number of hydrogen-bond donors (Lipinski definition) is 2. The fourth-order valence-electron chi connectivity index (χ4n) is 5.69. The highest BCUT2D eigenvalue weighted by atomic mass is 16.5. The summed E-state index contributed by atoms with van der Waals surface area (Å²) in [6.45, 7) is 13.5. The number of hydrogen-bond acceptors (Lipinski definition) is 12. The predicted octanol–water partition coefficient (Wildman–Crippen LogP) is 7.33. The van der Waals surface area contributed by atoms with Gasteiger partial charge in [0.05, 0.1) is 24.4 Å². The molecular weight excluding hydrogens is 728 g/mol. The molecule has 0 bridgehead atoms. The molecule has 0 saturated carbocycles. The van der Waals surface area contributed by atoms with E-state index >= 15 is 0 Å². The maximum atomic E-state index is 13.3. The first-order valence-corrected chi connectivity index (χ1v) is 19.3. The lowest BCUT2D eigenvalue weighted by Gasteiger charge is -2.29. The summed E-state index contributed by atoms with van der Waals surface area (Å²) in [6.07, 6.45) is 5.79. The van der Waals surface area contributed by atoms with Crippen molar-refractivity contribution < 1.29 is 66.8 Å². The van der Waals surface area contributed by atoms with E-state index in [4.69, 9.17) is 27.8 Å². The SMILES string of the molecule is CC(C)(OCc1ccco1)C(=O)CCCCCOC(C)(C)C(=O)CC(C(=O)O)C(CC(=O)C(C)(C)OCCCCCC(=O)C(C)(C)OCc1ccco1)C(=O)O. The van der Waals surface area contributed by atoms with E-state index in [1.54, 1.807) is 52.0 Å². The lowest BCUT2D eigenvalue weighted by Crippen LogP contribution is -2.43. The summed E-state index contributed by atoms with van der Waals surface area (Å²) < 4.78 is 33.6. The summed E-state index contributed by atoms with van der Waals surface area (Å²) in [5.74, 6) is -6.51. The smallest absolute Gasteiger partial charge is 0.307 e. The highest BCUT2D eigenvalue weighted by molar-refractivity contribution is 5.94. The molecule has 2 unspecified atom stereocenters. The minimum atomic E-state index is -1.68. The first kappa shape index (κ1) is 48.2. The van der Waals surface area contributed by atoms with Crippen molar-refractivity contribution in [3.8, 4) is 0 Å². The number of aliphatic carboxylic acids is 2. The van der Waals surface area contributed by atoms with E-state index in [0.717, 1.165) is 0 Å². The van der Waals surface area contributed by atoms with Gasteiger partial charge in [0.1, 0.15) is 47.1 Å². The zero-order valence-corrected chi connectivity index (χ0v) is 34.3. The monoisotopic (exact) mass is 790 g/mol. The summed E-state index contributed by atoms with van der Waals surface area (Å²) in [4.78, 5) is 76.5. The van der Waals surface area contributed by atoms with Crippen molar-refractivity contribution in [1.29, 1.82) is 0 Å². The quantitative estimate of drug-likeness (QED) is 0.0718. The van der Waals surface area contributed by atoms with Crippen LogP contribution in [0.1, 0.15) is 131 Å². The van der Waals surface area contributed by atoms with Gasteiger partial charge < -0.3 is 38.0 Å². The third kappa shape index (κ3) is 16.2. The summed E-state index contributed by atoms with van der Waals surface area (Å²) in [6, 6.07) is 7.01. The first-order valence-electron chi connectivity index (χ1n) is 19.3. The molecule has 2 atom stereocenters. The maximum absolute atomic E-state index is 13.3. The summed E-state index contributed by atoms with van der Waals surface area (Å²) in [5.41, 5.74) is -4.82. The third-order valence-corrected chi connectivity index (χ3v) is 9.95. The predicted molar refractivity (Wildman–Crippen MR) is 204 cm³/mol. The van der Waals surface area contributed by atoms with E-state index in [1.807, 2.05) is 0 Å². The van der Waals surface area contributed by atoms with Gasteiger partial charge in [0.2, 0.25) is 0 Å². The molecule has 0 amide bonds. The van der Waals surface area contributed by atoms with Gasteiger partial charge in [-0.3, -0.25) is 28.8 Å². The standard InChI is InChI=1S/C42H62O14/c1-39(2,55-27-29-17-15-21-51-29)33(43)19-11-9-13-23-53-41(5,6)35(45)25-31(37(47)48)32(38(49)50)26-36(46)42(7,8)54-24-14-10-12-20-34(44)40(3,4)56-28-30-18-16-22-52-30/h15-18,21-22,31-32H,9-14,19-20,23-28H2,1-8H3,(H,47,48)(H,49,50). The zero-order valence-electron chi connectivity index (χ0n) is 34.3. The molecule has 2 aromatic rings. The van der Waals surface area contributed by atoms with E-state index in [-0.39, 0.29) is 50.8 Å². The molecule has 0 aliphatic rings. The highest BCUT2D eigenvalue weighted by Gasteiger charge is 2.42. The Kier molecular flexibility index (Phi) is 19.0. The minimum absolute atomic E-state index is 0.0595. The number of furan rings is 2. The van der Waals surface area contributed by atoms with Crippen molar-refractivity contribution in [2.24, 2.45) is 11.8 Å². The lowest BCUT2D eigenvalue weighted by atomic mass is 9.80. The Morgan fingerprint density at radius 3 is 1.16 bits per heavy atom. The summed E-state index contributed by atoms with van der Waals surface area (Å²) >= 11 is 0. The van der Waals surface area contributed by atoms with Gasteiger partial charge in [-0.05, 0) is 105 Å². The van der Waals surface area contributed by atoms with Gasteiger partial charge in [0, 0.05) is 38.9 Å². The Morgan fingerprint density at radius 1 is 0.518 bits per heavy atom. The molecule has 0 aliphatic carbocycles. The Bertz CT molecular complexity index is 1430. The van der Waals surface area contributed by atoms with E-state index in [0.29, 0.717) is 50.0 Å². The first-order chi connectivity index (χ1) is 26.1. The fourth-order valence-corrected chi connectivity index (χ4v) is 5.69. The second-order valence-corrected chi connectivity index (χ2v) is 16.1. The summed E-state index contributed by atoms with van der Waals surface area (Å²) in [7, 11) is 0. The number of carbonyl (C=O) groups is 6. The van der Waals surface area contributed by atoms with Crippen molar-refractivity contribution in [3.63, 3.8) is 0 Å². The molecule has 314 valence electrons. The molecule has 0 fully saturated rings. The number of carboxylic acid groups (broad SMARTS) is 2. The number of carbonyl (C=O) groups excluding carboxylic acids is 4. The molecule has 14 nitrogen and oxygen atoms in total. The van der Waals surface area contributed by atoms with Crippen molar-refractivity contribution in [2.45, 2.75) is 155 Å². The van der Waals surface area contributed by atoms with Crippen LogP contribution in [0.4, 0.5) is 0 Å². The lowest BCUT2D eigenvalue weighted by molar-refractivity contribution is -0.160. The molecule has 2 rings (SSSR count). The normalized spacial score (nSPS) is 13.6. The minimum Gasteiger partial charge on any atom is -0.481 e. The van der Waals surface area contributed by atoms with Crippen molar-refractivity contribution in [2.75, 3.05) is 13.2 Å². The third-order valence-electron chi connectivity index (χ3n) is 9.95. The molecule has 0 spiro atoms.